The zero-order valence-electron chi connectivity index (χ0n) is 20.1. The minimum absolute atomic E-state index is 0.00205. The number of hydrogen-bond donors (Lipinski definition) is 3. The largest absolute Gasteiger partial charge is 0.507 e. The number of aromatic amines is 1. The first-order valence-corrected chi connectivity index (χ1v) is 12.0. The lowest BCUT2D eigenvalue weighted by molar-refractivity contribution is 0.0732. The van der Waals surface area contributed by atoms with Crippen molar-refractivity contribution in [2.45, 2.75) is 52.5 Å². The first-order chi connectivity index (χ1) is 16.5. The molecule has 2 heterocycles. The van der Waals surface area contributed by atoms with E-state index in [9.17, 15) is 15.0 Å². The van der Waals surface area contributed by atoms with Gasteiger partial charge in [0, 0.05) is 24.3 Å². The fourth-order valence-corrected chi connectivity index (χ4v) is 4.75. The van der Waals surface area contributed by atoms with E-state index in [0.29, 0.717) is 36.5 Å². The number of H-pyrrole nitrogens is 1. The lowest BCUT2D eigenvalue weighted by atomic mass is 9.93. The van der Waals surface area contributed by atoms with Gasteiger partial charge in [-0.15, -0.1) is 0 Å². The van der Waals surface area contributed by atoms with Crippen LogP contribution in [0.3, 0.4) is 0 Å². The number of nitrogens with one attached hydrogen (secondary N) is 1. The van der Waals surface area contributed by atoms with Gasteiger partial charge in [0.05, 0.1) is 12.6 Å². The van der Waals surface area contributed by atoms with Gasteiger partial charge in [0.2, 0.25) is 0 Å². The number of benzene rings is 2. The van der Waals surface area contributed by atoms with E-state index < -0.39 is 0 Å². The fraction of sp³-hybridized carbons (Fsp3) is 0.407. The van der Waals surface area contributed by atoms with E-state index >= 15 is 0 Å². The van der Waals surface area contributed by atoms with Gasteiger partial charge in [-0.1, -0.05) is 38.0 Å². The molecular formula is C27H33N3O4. The van der Waals surface area contributed by atoms with Gasteiger partial charge in [0.1, 0.15) is 22.9 Å². The van der Waals surface area contributed by atoms with Crippen LogP contribution in [-0.2, 0) is 0 Å². The second-order valence-electron chi connectivity index (χ2n) is 8.94. The lowest BCUT2D eigenvalue weighted by Gasteiger charge is -2.26. The zero-order chi connectivity index (χ0) is 24.2. The Morgan fingerprint density at radius 3 is 2.56 bits per heavy atom. The third kappa shape index (κ3) is 4.53. The van der Waals surface area contributed by atoms with Gasteiger partial charge < -0.3 is 19.8 Å². The Labute approximate surface area is 200 Å². The molecule has 180 valence electrons. The lowest BCUT2D eigenvalue weighted by Crippen LogP contribution is -2.31. The topological polar surface area (TPSA) is 98.7 Å². The Morgan fingerprint density at radius 2 is 1.88 bits per heavy atom. The SMILES string of the molecule is CCCCCOc1ccc(C2c3c(-c4c(C)cc(C)cc4O)n[nH]c3C(=O)N2CCCO)cc1. The van der Waals surface area contributed by atoms with Crippen LogP contribution in [0.5, 0.6) is 11.5 Å². The van der Waals surface area contributed by atoms with Gasteiger partial charge in [-0.05, 0) is 61.6 Å². The molecule has 1 unspecified atom stereocenters. The van der Waals surface area contributed by atoms with Crippen molar-refractivity contribution in [3.8, 4) is 22.8 Å². The van der Waals surface area contributed by atoms with E-state index in [1.54, 1.807) is 11.0 Å². The number of hydrogen-bond acceptors (Lipinski definition) is 5. The molecule has 0 bridgehead atoms. The fourth-order valence-electron chi connectivity index (χ4n) is 4.75. The number of aliphatic hydroxyl groups is 1. The molecule has 0 aliphatic carbocycles. The summed E-state index contributed by atoms with van der Waals surface area (Å²) in [5, 5.41) is 27.6. The minimum atomic E-state index is -0.378. The summed E-state index contributed by atoms with van der Waals surface area (Å²) in [7, 11) is 0. The van der Waals surface area contributed by atoms with Crippen LogP contribution in [-0.4, -0.2) is 51.0 Å². The maximum Gasteiger partial charge on any atom is 0.273 e. The first kappa shape index (κ1) is 23.8. The summed E-state index contributed by atoms with van der Waals surface area (Å²) in [5.41, 5.74) is 5.16. The molecule has 2 aromatic carbocycles. The summed E-state index contributed by atoms with van der Waals surface area (Å²) in [5.74, 6) is 0.782. The smallest absolute Gasteiger partial charge is 0.273 e. The number of unbranched alkanes of at least 4 members (excludes halogenated alkanes) is 2. The van der Waals surface area contributed by atoms with Crippen LogP contribution >= 0.6 is 0 Å². The number of aliphatic hydroxyl groups excluding tert-OH is 1. The standard InChI is InChI=1S/C27H33N3O4/c1-4-5-6-14-34-20-10-8-19(9-11-20)26-23-24(22-18(3)15-17(2)16-21(22)32)28-29-25(23)27(33)30(26)12-7-13-31/h8-11,15-16,26,31-32H,4-7,12-14H2,1-3H3,(H,28,29). The summed E-state index contributed by atoms with van der Waals surface area (Å²) in [6.45, 7) is 7.12. The quantitative estimate of drug-likeness (QED) is 0.372. The summed E-state index contributed by atoms with van der Waals surface area (Å²) in [6.07, 6.45) is 3.78. The maximum atomic E-state index is 13.3. The summed E-state index contributed by atoms with van der Waals surface area (Å²) in [6, 6.07) is 11.2. The van der Waals surface area contributed by atoms with Crippen LogP contribution in [0.2, 0.25) is 0 Å². The van der Waals surface area contributed by atoms with Gasteiger partial charge in [-0.2, -0.15) is 5.10 Å². The predicted octanol–water partition coefficient (Wildman–Crippen LogP) is 4.90. The molecule has 7 heteroatoms. The van der Waals surface area contributed by atoms with Gasteiger partial charge in [-0.3, -0.25) is 9.89 Å². The van der Waals surface area contributed by atoms with E-state index in [1.807, 2.05) is 44.2 Å². The van der Waals surface area contributed by atoms with Gasteiger partial charge in [-0.25, -0.2) is 0 Å². The average Bonchev–Trinajstić information content (AvgIpc) is 3.34. The van der Waals surface area contributed by atoms with E-state index in [-0.39, 0.29) is 24.3 Å². The van der Waals surface area contributed by atoms with Crippen molar-refractivity contribution >= 4 is 5.91 Å². The molecule has 1 amide bonds. The molecule has 1 aromatic heterocycles. The number of rotatable bonds is 10. The summed E-state index contributed by atoms with van der Waals surface area (Å²) < 4.78 is 5.86. The van der Waals surface area contributed by atoms with E-state index in [1.165, 1.54) is 0 Å². The van der Waals surface area contributed by atoms with Crippen LogP contribution in [0.25, 0.3) is 11.3 Å². The number of phenols is 1. The normalized spacial score (nSPS) is 15.1. The van der Waals surface area contributed by atoms with Gasteiger partial charge in [0.15, 0.2) is 0 Å². The third-order valence-corrected chi connectivity index (χ3v) is 6.33. The molecule has 1 aliphatic heterocycles. The number of ether oxygens (including phenoxy) is 1. The number of phenolic OH excluding ortho intramolecular Hbond substituents is 1. The summed E-state index contributed by atoms with van der Waals surface area (Å²) in [4.78, 5) is 15.1. The van der Waals surface area contributed by atoms with Crippen molar-refractivity contribution < 1.29 is 19.7 Å². The van der Waals surface area contributed by atoms with Crippen LogP contribution in [0.4, 0.5) is 0 Å². The van der Waals surface area contributed by atoms with Crippen molar-refractivity contribution in [3.63, 3.8) is 0 Å². The molecule has 7 nitrogen and oxygen atoms in total. The Morgan fingerprint density at radius 1 is 1.12 bits per heavy atom. The number of aryl methyl sites for hydroxylation is 2. The predicted molar refractivity (Wildman–Crippen MR) is 131 cm³/mol. The molecule has 34 heavy (non-hydrogen) atoms. The Bertz CT molecular complexity index is 1130. The number of aromatic hydroxyl groups is 1. The second kappa shape index (κ2) is 10.3. The highest BCUT2D eigenvalue weighted by atomic mass is 16.5. The molecule has 0 spiro atoms. The van der Waals surface area contributed by atoms with Crippen molar-refractivity contribution in [3.05, 3.63) is 64.3 Å². The molecule has 1 atom stereocenters. The number of amides is 1. The highest BCUT2D eigenvalue weighted by molar-refractivity contribution is 6.00. The molecule has 0 saturated carbocycles. The Balaban J connectivity index is 1.74. The number of aromatic nitrogens is 2. The third-order valence-electron chi connectivity index (χ3n) is 6.33. The first-order valence-electron chi connectivity index (χ1n) is 12.0. The molecule has 0 radical (unpaired) electrons. The Kier molecular flexibility index (Phi) is 7.22. The van der Waals surface area contributed by atoms with Crippen molar-refractivity contribution in [1.29, 1.82) is 0 Å². The number of carbonyl (C=O) groups is 1. The van der Waals surface area contributed by atoms with Gasteiger partial charge in [0.25, 0.3) is 5.91 Å². The molecular weight excluding hydrogens is 430 g/mol. The average molecular weight is 464 g/mol. The van der Waals surface area contributed by atoms with Crippen LogP contribution in [0.1, 0.15) is 71.4 Å². The summed E-state index contributed by atoms with van der Waals surface area (Å²) >= 11 is 0. The molecule has 0 fully saturated rings. The number of fused-ring (bicyclic) bond motifs is 1. The van der Waals surface area contributed by atoms with Crippen molar-refractivity contribution in [2.24, 2.45) is 0 Å². The van der Waals surface area contributed by atoms with Crippen molar-refractivity contribution in [1.82, 2.24) is 15.1 Å². The molecule has 0 saturated heterocycles. The highest BCUT2D eigenvalue weighted by Crippen LogP contribution is 2.45. The van der Waals surface area contributed by atoms with E-state index in [4.69, 9.17) is 4.74 Å². The molecule has 3 aromatic rings. The monoisotopic (exact) mass is 463 g/mol. The van der Waals surface area contributed by atoms with E-state index in [0.717, 1.165) is 47.3 Å². The molecule has 4 rings (SSSR count). The van der Waals surface area contributed by atoms with Crippen molar-refractivity contribution in [2.75, 3.05) is 19.8 Å². The number of carbonyl (C=O) groups excluding carboxylic acids is 1. The Hall–Kier alpha value is -3.32. The zero-order valence-corrected chi connectivity index (χ0v) is 20.1. The van der Waals surface area contributed by atoms with Crippen LogP contribution in [0.15, 0.2) is 36.4 Å². The second-order valence-corrected chi connectivity index (χ2v) is 8.94. The van der Waals surface area contributed by atoms with Crippen LogP contribution in [0, 0.1) is 13.8 Å². The van der Waals surface area contributed by atoms with E-state index in [2.05, 4.69) is 17.1 Å². The molecule has 1 aliphatic rings. The number of nitrogens with zero attached hydrogens (tertiary/aromatic N) is 2. The van der Waals surface area contributed by atoms with Crippen LogP contribution < -0.4 is 4.74 Å². The van der Waals surface area contributed by atoms with Gasteiger partial charge >= 0.3 is 0 Å². The maximum absolute atomic E-state index is 13.3. The molecule has 3 N–H and O–H groups in total. The minimum Gasteiger partial charge on any atom is -0.507 e. The highest BCUT2D eigenvalue weighted by Gasteiger charge is 2.42.